The highest BCUT2D eigenvalue weighted by molar-refractivity contribution is 5.39. The van der Waals surface area contributed by atoms with Gasteiger partial charge >= 0.3 is 6.18 Å². The summed E-state index contributed by atoms with van der Waals surface area (Å²) >= 11 is 0. The Hall–Kier alpha value is -2.26. The van der Waals surface area contributed by atoms with E-state index in [1.807, 2.05) is 0 Å². The van der Waals surface area contributed by atoms with Gasteiger partial charge in [-0.15, -0.1) is 0 Å². The zero-order chi connectivity index (χ0) is 22.3. The molecule has 0 saturated heterocycles. The third-order valence-electron chi connectivity index (χ3n) is 4.67. The lowest BCUT2D eigenvalue weighted by atomic mass is 9.99. The maximum atomic E-state index is 13.6. The van der Waals surface area contributed by atoms with Crippen molar-refractivity contribution in [2.24, 2.45) is 5.92 Å². The number of aliphatic hydroxyl groups excluding tert-OH is 2. The van der Waals surface area contributed by atoms with Gasteiger partial charge in [0.1, 0.15) is 5.75 Å². The maximum Gasteiger partial charge on any atom is 0.419 e. The molecule has 0 heterocycles. The van der Waals surface area contributed by atoms with Crippen molar-refractivity contribution in [1.82, 2.24) is 0 Å². The molecule has 166 valence electrons. The van der Waals surface area contributed by atoms with Crippen LogP contribution in [0.25, 0.3) is 0 Å². The molecule has 0 radical (unpaired) electrons. The smallest absolute Gasteiger partial charge is 0.419 e. The Morgan fingerprint density at radius 2 is 1.60 bits per heavy atom. The van der Waals surface area contributed by atoms with E-state index in [0.717, 1.165) is 18.2 Å². The molecule has 0 spiro atoms. The molecule has 0 aromatic heterocycles. The fourth-order valence-electron chi connectivity index (χ4n) is 2.89. The van der Waals surface area contributed by atoms with E-state index in [0.29, 0.717) is 12.0 Å². The summed E-state index contributed by atoms with van der Waals surface area (Å²) in [5, 5.41) is 18.1. The summed E-state index contributed by atoms with van der Waals surface area (Å²) in [6.07, 6.45) is -4.04. The van der Waals surface area contributed by atoms with E-state index < -0.39 is 40.9 Å². The lowest BCUT2D eigenvalue weighted by Crippen LogP contribution is -2.13. The van der Waals surface area contributed by atoms with Crippen molar-refractivity contribution in [2.45, 2.75) is 31.9 Å². The number of benzene rings is 2. The number of aryl methyl sites for hydroxylation is 2. The number of aliphatic hydroxyl groups is 2. The number of halogens is 6. The van der Waals surface area contributed by atoms with Crippen LogP contribution < -0.4 is 4.74 Å². The summed E-state index contributed by atoms with van der Waals surface area (Å²) in [6, 6.07) is 5.47. The van der Waals surface area contributed by atoms with E-state index in [1.165, 1.54) is 12.1 Å². The molecule has 3 nitrogen and oxygen atoms in total. The highest BCUT2D eigenvalue weighted by Crippen LogP contribution is 2.37. The molecule has 30 heavy (non-hydrogen) atoms. The van der Waals surface area contributed by atoms with E-state index >= 15 is 0 Å². The van der Waals surface area contributed by atoms with Crippen LogP contribution >= 0.6 is 0 Å². The summed E-state index contributed by atoms with van der Waals surface area (Å²) in [6.45, 7) is -0.706. The second-order valence-electron chi connectivity index (χ2n) is 6.88. The third kappa shape index (κ3) is 6.37. The molecule has 2 aromatic carbocycles. The van der Waals surface area contributed by atoms with Crippen LogP contribution in [0.3, 0.4) is 0 Å². The van der Waals surface area contributed by atoms with Crippen LogP contribution in [0.2, 0.25) is 0 Å². The Labute approximate surface area is 169 Å². The molecule has 2 aromatic rings. The minimum Gasteiger partial charge on any atom is -0.493 e. The molecule has 0 aliphatic heterocycles. The molecular weight excluding hydrogens is 414 g/mol. The molecule has 0 fully saturated rings. The highest BCUT2D eigenvalue weighted by atomic mass is 19.4. The van der Waals surface area contributed by atoms with Crippen molar-refractivity contribution in [2.75, 3.05) is 19.8 Å². The van der Waals surface area contributed by atoms with Crippen LogP contribution in [0.4, 0.5) is 26.3 Å². The van der Waals surface area contributed by atoms with Crippen LogP contribution in [-0.2, 0) is 19.0 Å². The van der Waals surface area contributed by atoms with Crippen molar-refractivity contribution in [3.8, 4) is 5.75 Å². The topological polar surface area (TPSA) is 49.7 Å². The fraction of sp³-hybridized carbons (Fsp3) is 0.429. The van der Waals surface area contributed by atoms with E-state index in [2.05, 4.69) is 0 Å². The SMILES string of the molecule is OCC(CO)CCc1ccc(OCCCc2ccc(F)c(F)c2F)c(C(F)(F)F)c1. The van der Waals surface area contributed by atoms with Gasteiger partial charge in [-0.1, -0.05) is 12.1 Å². The van der Waals surface area contributed by atoms with Gasteiger partial charge in [0.25, 0.3) is 0 Å². The van der Waals surface area contributed by atoms with Gasteiger partial charge in [0, 0.05) is 19.1 Å². The van der Waals surface area contributed by atoms with Crippen LogP contribution in [0.5, 0.6) is 5.75 Å². The lowest BCUT2D eigenvalue weighted by molar-refractivity contribution is -0.139. The Balaban J connectivity index is 2.01. The second-order valence-corrected chi connectivity index (χ2v) is 6.88. The number of alkyl halides is 3. The number of ether oxygens (including phenoxy) is 1. The van der Waals surface area contributed by atoms with Crippen molar-refractivity contribution < 1.29 is 41.3 Å². The molecule has 0 aliphatic carbocycles. The Kier molecular flexibility index (Phi) is 8.54. The predicted molar refractivity (Wildman–Crippen MR) is 97.6 cm³/mol. The summed E-state index contributed by atoms with van der Waals surface area (Å²) in [4.78, 5) is 0. The highest BCUT2D eigenvalue weighted by Gasteiger charge is 2.34. The summed E-state index contributed by atoms with van der Waals surface area (Å²) < 4.78 is 85.1. The van der Waals surface area contributed by atoms with E-state index in [4.69, 9.17) is 14.9 Å². The quantitative estimate of drug-likeness (QED) is 0.323. The van der Waals surface area contributed by atoms with Crippen molar-refractivity contribution in [1.29, 1.82) is 0 Å². The van der Waals surface area contributed by atoms with Gasteiger partial charge < -0.3 is 14.9 Å². The summed E-state index contributed by atoms with van der Waals surface area (Å²) in [7, 11) is 0. The average molecular weight is 436 g/mol. The zero-order valence-corrected chi connectivity index (χ0v) is 16.0. The van der Waals surface area contributed by atoms with Gasteiger partial charge in [-0.2, -0.15) is 13.2 Å². The number of hydrogen-bond acceptors (Lipinski definition) is 3. The van der Waals surface area contributed by atoms with Gasteiger partial charge in [-0.05, 0) is 55.0 Å². The van der Waals surface area contributed by atoms with Crippen LogP contribution in [-0.4, -0.2) is 30.0 Å². The third-order valence-corrected chi connectivity index (χ3v) is 4.67. The molecule has 0 amide bonds. The monoisotopic (exact) mass is 436 g/mol. The Morgan fingerprint density at radius 3 is 2.23 bits per heavy atom. The molecule has 0 saturated carbocycles. The zero-order valence-electron chi connectivity index (χ0n) is 16.0. The van der Waals surface area contributed by atoms with Gasteiger partial charge in [0.15, 0.2) is 17.5 Å². The fourth-order valence-corrected chi connectivity index (χ4v) is 2.89. The molecule has 0 unspecified atom stereocenters. The normalized spacial score (nSPS) is 11.9. The maximum absolute atomic E-state index is 13.6. The van der Waals surface area contributed by atoms with Crippen molar-refractivity contribution >= 4 is 0 Å². The van der Waals surface area contributed by atoms with Crippen LogP contribution in [0.15, 0.2) is 30.3 Å². The van der Waals surface area contributed by atoms with E-state index in [9.17, 15) is 26.3 Å². The first-order chi connectivity index (χ1) is 14.2. The van der Waals surface area contributed by atoms with Gasteiger partial charge in [0.2, 0.25) is 0 Å². The summed E-state index contributed by atoms with van der Waals surface area (Å²) in [5.74, 6) is -5.02. The Bertz CT molecular complexity index is 834. The lowest BCUT2D eigenvalue weighted by Gasteiger charge is -2.16. The average Bonchev–Trinajstić information content (AvgIpc) is 2.71. The van der Waals surface area contributed by atoms with Gasteiger partial charge in [-0.25, -0.2) is 13.2 Å². The first kappa shape index (κ1) is 24.0. The van der Waals surface area contributed by atoms with Gasteiger partial charge in [-0.3, -0.25) is 0 Å². The molecular formula is C21H22F6O3. The molecule has 2 N–H and O–H groups in total. The number of hydrogen-bond donors (Lipinski definition) is 2. The van der Waals surface area contributed by atoms with Crippen LogP contribution in [0, 0.1) is 23.4 Å². The second kappa shape index (κ2) is 10.7. The minimum atomic E-state index is -4.66. The van der Waals surface area contributed by atoms with E-state index in [1.54, 1.807) is 0 Å². The van der Waals surface area contributed by atoms with Crippen LogP contribution in [0.1, 0.15) is 29.5 Å². The van der Waals surface area contributed by atoms with E-state index in [-0.39, 0.29) is 44.6 Å². The van der Waals surface area contributed by atoms with Gasteiger partial charge in [0.05, 0.1) is 12.2 Å². The molecule has 0 bridgehead atoms. The standard InChI is InChI=1S/C21H22F6O3/c22-17-7-6-15(19(23)20(17)24)2-1-9-30-18-8-5-13(3-4-14(11-28)12-29)10-16(18)21(25,26)27/h5-8,10,14,28-29H,1-4,9,11-12H2. The Morgan fingerprint density at radius 1 is 0.900 bits per heavy atom. The molecule has 0 aliphatic rings. The largest absolute Gasteiger partial charge is 0.493 e. The van der Waals surface area contributed by atoms with Crippen molar-refractivity contribution in [3.05, 3.63) is 64.5 Å². The first-order valence-corrected chi connectivity index (χ1v) is 9.34. The summed E-state index contributed by atoms with van der Waals surface area (Å²) in [5.41, 5.74) is -0.680. The predicted octanol–water partition coefficient (Wildman–Crippen LogP) is 4.67. The van der Waals surface area contributed by atoms with Crippen molar-refractivity contribution in [3.63, 3.8) is 0 Å². The minimum absolute atomic E-state index is 0.0355. The number of rotatable bonds is 10. The first-order valence-electron chi connectivity index (χ1n) is 9.34. The molecule has 9 heteroatoms. The molecule has 0 atom stereocenters. The molecule has 2 rings (SSSR count).